The number of aryl methyl sites for hydroxylation is 1. The van der Waals surface area contributed by atoms with Crippen LogP contribution in [0, 0.1) is 6.92 Å². The first kappa shape index (κ1) is 26.8. The highest BCUT2D eigenvalue weighted by atomic mass is 16.5. The lowest BCUT2D eigenvalue weighted by Crippen LogP contribution is -2.44. The molecular formula is C28H43N3O2. The van der Waals surface area contributed by atoms with Crippen molar-refractivity contribution >= 4 is 11.6 Å². The number of rotatable bonds is 14. The summed E-state index contributed by atoms with van der Waals surface area (Å²) >= 11 is 0. The molecule has 0 radical (unpaired) electrons. The van der Waals surface area contributed by atoms with Gasteiger partial charge in [0.25, 0.3) is 0 Å². The Morgan fingerprint density at radius 3 is 2.45 bits per heavy atom. The van der Waals surface area contributed by atoms with Crippen LogP contribution >= 0.6 is 0 Å². The van der Waals surface area contributed by atoms with E-state index in [0.717, 1.165) is 56.8 Å². The monoisotopic (exact) mass is 453 g/mol. The van der Waals surface area contributed by atoms with Crippen molar-refractivity contribution in [2.75, 3.05) is 31.1 Å². The van der Waals surface area contributed by atoms with Crippen molar-refractivity contribution in [3.05, 3.63) is 53.9 Å². The van der Waals surface area contributed by atoms with Gasteiger partial charge in [-0.05, 0) is 68.9 Å². The van der Waals surface area contributed by atoms with Gasteiger partial charge in [-0.3, -0.25) is 14.7 Å². The van der Waals surface area contributed by atoms with E-state index in [1.54, 1.807) is 12.4 Å². The maximum absolute atomic E-state index is 13.3. The van der Waals surface area contributed by atoms with Gasteiger partial charge in [-0.25, -0.2) is 0 Å². The Morgan fingerprint density at radius 2 is 1.85 bits per heavy atom. The van der Waals surface area contributed by atoms with Gasteiger partial charge in [0.15, 0.2) is 0 Å². The number of amides is 1. The quantitative estimate of drug-likeness (QED) is 0.319. The number of carbonyl (C=O) groups is 1. The van der Waals surface area contributed by atoms with Gasteiger partial charge in [0.2, 0.25) is 5.91 Å². The molecule has 33 heavy (non-hydrogen) atoms. The summed E-state index contributed by atoms with van der Waals surface area (Å²) in [5.41, 5.74) is 3.33. The molecule has 1 amide bonds. The maximum Gasteiger partial charge on any atom is 0.241 e. The van der Waals surface area contributed by atoms with Crippen LogP contribution in [0.1, 0.15) is 77.3 Å². The first-order chi connectivity index (χ1) is 15.9. The number of pyridine rings is 1. The van der Waals surface area contributed by atoms with Gasteiger partial charge in [-0.15, -0.1) is 0 Å². The molecule has 1 atom stereocenters. The highest BCUT2D eigenvalue weighted by Crippen LogP contribution is 2.25. The molecule has 0 saturated heterocycles. The van der Waals surface area contributed by atoms with Gasteiger partial charge in [0.05, 0.1) is 25.0 Å². The summed E-state index contributed by atoms with van der Waals surface area (Å²) in [7, 11) is 0. The molecule has 5 nitrogen and oxygen atoms in total. The number of unbranched alkanes of at least 4 members (excludes halogenated alkanes) is 2. The Bertz CT molecular complexity index is 838. The van der Waals surface area contributed by atoms with Crippen LogP contribution in [0.5, 0.6) is 5.75 Å². The molecule has 2 rings (SSSR count). The van der Waals surface area contributed by atoms with Crippen LogP contribution in [0.25, 0.3) is 0 Å². The third-order valence-corrected chi connectivity index (χ3v) is 6.09. The van der Waals surface area contributed by atoms with Crippen molar-refractivity contribution in [3.63, 3.8) is 0 Å². The minimum Gasteiger partial charge on any atom is -0.493 e. The molecule has 0 aliphatic carbocycles. The summed E-state index contributed by atoms with van der Waals surface area (Å²) < 4.78 is 5.92. The third kappa shape index (κ3) is 8.47. The van der Waals surface area contributed by atoms with E-state index in [-0.39, 0.29) is 11.9 Å². The van der Waals surface area contributed by atoms with Gasteiger partial charge in [0.1, 0.15) is 5.75 Å². The molecule has 1 heterocycles. The van der Waals surface area contributed by atoms with Crippen LogP contribution in [0.15, 0.2) is 42.7 Å². The van der Waals surface area contributed by atoms with E-state index in [1.165, 1.54) is 11.1 Å². The van der Waals surface area contributed by atoms with E-state index in [9.17, 15) is 4.79 Å². The fraction of sp³-hybridized carbons (Fsp3) is 0.571. The van der Waals surface area contributed by atoms with Crippen LogP contribution < -0.4 is 9.64 Å². The molecule has 0 N–H and O–H groups in total. The molecule has 0 bridgehead atoms. The molecule has 0 fully saturated rings. The van der Waals surface area contributed by atoms with Crippen molar-refractivity contribution < 1.29 is 9.53 Å². The normalized spacial score (nSPS) is 12.2. The lowest BCUT2D eigenvalue weighted by molar-refractivity contribution is -0.120. The lowest BCUT2D eigenvalue weighted by Gasteiger charge is -2.32. The van der Waals surface area contributed by atoms with Gasteiger partial charge >= 0.3 is 0 Å². The van der Waals surface area contributed by atoms with Gasteiger partial charge in [0, 0.05) is 25.3 Å². The average molecular weight is 454 g/mol. The molecule has 182 valence electrons. The summed E-state index contributed by atoms with van der Waals surface area (Å²) in [6.45, 7) is 15.7. The van der Waals surface area contributed by atoms with Crippen molar-refractivity contribution in [1.29, 1.82) is 0 Å². The van der Waals surface area contributed by atoms with Crippen molar-refractivity contribution in [1.82, 2.24) is 9.88 Å². The Hall–Kier alpha value is -2.40. The van der Waals surface area contributed by atoms with Gasteiger partial charge in [-0.1, -0.05) is 45.7 Å². The van der Waals surface area contributed by atoms with E-state index in [2.05, 4.69) is 69.6 Å². The van der Waals surface area contributed by atoms with Crippen LogP contribution in [0.3, 0.4) is 0 Å². The average Bonchev–Trinajstić information content (AvgIpc) is 2.80. The van der Waals surface area contributed by atoms with Crippen LogP contribution in [0.2, 0.25) is 0 Å². The molecule has 0 aliphatic heterocycles. The number of hydrogen-bond acceptors (Lipinski definition) is 4. The predicted molar refractivity (Wildman–Crippen MR) is 138 cm³/mol. The first-order valence-corrected chi connectivity index (χ1v) is 12.5. The number of ether oxygens (including phenoxy) is 1. The minimum absolute atomic E-state index is 0.133. The van der Waals surface area contributed by atoms with Crippen LogP contribution in [0.4, 0.5) is 5.69 Å². The van der Waals surface area contributed by atoms with Crippen molar-refractivity contribution in [2.45, 2.75) is 79.2 Å². The maximum atomic E-state index is 13.3. The van der Waals surface area contributed by atoms with E-state index in [1.807, 2.05) is 17.0 Å². The Balaban J connectivity index is 2.08. The third-order valence-electron chi connectivity index (χ3n) is 6.09. The summed E-state index contributed by atoms with van der Waals surface area (Å²) in [5, 5.41) is 0. The Labute approximate surface area is 201 Å². The SMILES string of the molecule is CCCCOc1ccc([C@H](C)CN(CC(=O)N(CCCC)c2cccnc2)C(C)C)cc1C. The zero-order chi connectivity index (χ0) is 24.2. The van der Waals surface area contributed by atoms with Crippen LogP contribution in [-0.4, -0.2) is 48.1 Å². The van der Waals surface area contributed by atoms with E-state index >= 15 is 0 Å². The fourth-order valence-electron chi connectivity index (χ4n) is 3.87. The standard InChI is InChI=1S/C28H43N3O2/c1-7-9-16-31(26-12-11-15-29-19-26)28(32)21-30(22(3)4)20-24(6)25-13-14-27(23(5)18-25)33-17-10-8-2/h11-15,18-19,22,24H,7-10,16-17,20-21H2,1-6H3/t24-/m1/s1. The molecule has 5 heteroatoms. The lowest BCUT2D eigenvalue weighted by atomic mass is 9.97. The summed E-state index contributed by atoms with van der Waals surface area (Å²) in [6, 6.07) is 10.6. The molecule has 2 aromatic rings. The van der Waals surface area contributed by atoms with Gasteiger partial charge < -0.3 is 9.64 Å². The van der Waals surface area contributed by atoms with E-state index in [0.29, 0.717) is 12.5 Å². The topological polar surface area (TPSA) is 45.7 Å². The summed E-state index contributed by atoms with van der Waals surface area (Å²) in [6.07, 6.45) is 7.76. The van der Waals surface area contributed by atoms with E-state index < -0.39 is 0 Å². The number of aromatic nitrogens is 1. The van der Waals surface area contributed by atoms with Gasteiger partial charge in [-0.2, -0.15) is 0 Å². The second kappa shape index (κ2) is 14.0. The molecule has 1 aromatic carbocycles. The molecule has 0 saturated carbocycles. The molecule has 0 unspecified atom stereocenters. The summed E-state index contributed by atoms with van der Waals surface area (Å²) in [5.74, 6) is 1.41. The smallest absolute Gasteiger partial charge is 0.241 e. The highest BCUT2D eigenvalue weighted by Gasteiger charge is 2.22. The number of carbonyl (C=O) groups excluding carboxylic acids is 1. The molecule has 0 spiro atoms. The zero-order valence-electron chi connectivity index (χ0n) is 21.5. The zero-order valence-corrected chi connectivity index (χ0v) is 21.5. The molecule has 1 aromatic heterocycles. The Morgan fingerprint density at radius 1 is 1.09 bits per heavy atom. The number of benzene rings is 1. The second-order valence-electron chi connectivity index (χ2n) is 9.26. The Kier molecular flexibility index (Phi) is 11.4. The predicted octanol–water partition coefficient (Wildman–Crippen LogP) is 6.22. The minimum atomic E-state index is 0.133. The second-order valence-corrected chi connectivity index (χ2v) is 9.26. The molecular weight excluding hydrogens is 410 g/mol. The number of nitrogens with zero attached hydrogens (tertiary/aromatic N) is 3. The number of hydrogen-bond donors (Lipinski definition) is 0. The fourth-order valence-corrected chi connectivity index (χ4v) is 3.87. The van der Waals surface area contributed by atoms with Crippen LogP contribution in [-0.2, 0) is 4.79 Å². The van der Waals surface area contributed by atoms with Crippen molar-refractivity contribution in [2.24, 2.45) is 0 Å². The number of anilines is 1. The van der Waals surface area contributed by atoms with E-state index in [4.69, 9.17) is 4.74 Å². The first-order valence-electron chi connectivity index (χ1n) is 12.5. The van der Waals surface area contributed by atoms with Crippen molar-refractivity contribution in [3.8, 4) is 5.75 Å². The largest absolute Gasteiger partial charge is 0.493 e. The molecule has 0 aliphatic rings. The summed E-state index contributed by atoms with van der Waals surface area (Å²) in [4.78, 5) is 21.7. The highest BCUT2D eigenvalue weighted by molar-refractivity contribution is 5.94.